The van der Waals surface area contributed by atoms with Gasteiger partial charge in [0.05, 0.1) is 66.7 Å². The first-order valence-electron chi connectivity index (χ1n) is 16.6. The fourth-order valence-electron chi connectivity index (χ4n) is 5.72. The highest BCUT2D eigenvalue weighted by molar-refractivity contribution is 7.48. The first kappa shape index (κ1) is 36.7. The van der Waals surface area contributed by atoms with Crippen molar-refractivity contribution >= 4 is 105 Å². The number of cyclic esters (lactones) is 1. The van der Waals surface area contributed by atoms with E-state index in [1.807, 2.05) is 6.07 Å². The highest BCUT2D eigenvalue weighted by Crippen LogP contribution is 2.53. The normalized spacial score (nSPS) is 15.4. The number of esters is 1. The minimum absolute atomic E-state index is 0.0516. The van der Waals surface area contributed by atoms with Crippen molar-refractivity contribution in [3.63, 3.8) is 0 Å². The molecular weight excluding hydrogens is 824 g/mol. The molecule has 284 valence electrons. The molecule has 56 heavy (non-hydrogen) atoms. The average Bonchev–Trinajstić information content (AvgIpc) is 4.07. The lowest BCUT2D eigenvalue weighted by molar-refractivity contribution is -0.148. The van der Waals surface area contributed by atoms with Gasteiger partial charge < -0.3 is 19.3 Å². The first-order valence-corrected chi connectivity index (χ1v) is 21.0. The van der Waals surface area contributed by atoms with Crippen molar-refractivity contribution in [2.75, 3.05) is 6.61 Å². The summed E-state index contributed by atoms with van der Waals surface area (Å²) in [4.78, 5) is 13.5. The molecule has 0 aliphatic carbocycles. The van der Waals surface area contributed by atoms with Gasteiger partial charge in [0.1, 0.15) is 63.5 Å². The molecular formula is C34H25N8O9PS4. The molecule has 0 radical (unpaired) electrons. The van der Waals surface area contributed by atoms with Crippen LogP contribution in [0.25, 0.3) is 44.1 Å². The summed E-state index contributed by atoms with van der Waals surface area (Å²) in [6, 6.07) is 21.3. The van der Waals surface area contributed by atoms with Crippen LogP contribution in [-0.2, 0) is 63.6 Å². The Kier molecular flexibility index (Phi) is 10.4. The predicted octanol–water partition coefficient (Wildman–Crippen LogP) is 6.50. The minimum Gasteiger partial charge on any atom is -0.485 e. The molecule has 17 nitrogen and oxygen atoms in total. The van der Waals surface area contributed by atoms with Crippen LogP contribution in [0.2, 0.25) is 0 Å². The molecule has 22 heteroatoms. The molecule has 4 aromatic heterocycles. The second-order valence-electron chi connectivity index (χ2n) is 12.3. The number of rotatable bonds is 16. The number of hydrogen-bond acceptors (Lipinski definition) is 21. The van der Waals surface area contributed by atoms with E-state index < -0.39 is 32.6 Å². The molecule has 0 fully saturated rings. The Morgan fingerprint density at radius 3 is 1.41 bits per heavy atom. The average molecular weight is 849 g/mol. The van der Waals surface area contributed by atoms with Crippen LogP contribution < -0.4 is 0 Å². The summed E-state index contributed by atoms with van der Waals surface area (Å²) in [5.41, 5.74) is 8.10. The minimum atomic E-state index is -4.57. The molecule has 0 bridgehead atoms. The van der Waals surface area contributed by atoms with Gasteiger partial charge in [-0.3, -0.25) is 13.6 Å². The Hall–Kier alpha value is -4.96. The molecule has 8 aromatic rings. The molecule has 0 spiro atoms. The maximum absolute atomic E-state index is 14.6. The molecule has 0 saturated heterocycles. The number of hydrogen-bond donors (Lipinski definition) is 1. The summed E-state index contributed by atoms with van der Waals surface area (Å²) in [6.07, 6.45) is -2.92. The molecule has 1 N–H and O–H groups in total. The fraction of sp³-hybridized carbons (Fsp3) is 0.206. The molecule has 0 unspecified atom stereocenters. The van der Waals surface area contributed by atoms with Crippen LogP contribution in [0, 0.1) is 0 Å². The highest BCUT2D eigenvalue weighted by atomic mass is 32.1. The van der Waals surface area contributed by atoms with Gasteiger partial charge in [0, 0.05) is 0 Å². The lowest BCUT2D eigenvalue weighted by Gasteiger charge is -2.27. The van der Waals surface area contributed by atoms with Gasteiger partial charge in [-0.15, -0.1) is 0 Å². The van der Waals surface area contributed by atoms with Crippen molar-refractivity contribution in [2.24, 2.45) is 0 Å². The summed E-state index contributed by atoms with van der Waals surface area (Å²) >= 11 is 4.30. The molecule has 1 aliphatic heterocycles. The third kappa shape index (κ3) is 7.85. The quantitative estimate of drug-likeness (QED) is 0.0812. The third-order valence-electron chi connectivity index (χ3n) is 8.51. The number of phosphoric acid groups is 1. The van der Waals surface area contributed by atoms with E-state index in [4.69, 9.17) is 27.8 Å². The zero-order chi connectivity index (χ0) is 38.1. The zero-order valence-electron chi connectivity index (χ0n) is 28.5. The third-order valence-corrected chi connectivity index (χ3v) is 12.2. The molecule has 9 rings (SSSR count). The van der Waals surface area contributed by atoms with Crippen LogP contribution in [-0.4, -0.2) is 64.9 Å². The lowest BCUT2D eigenvalue weighted by atomic mass is 10.1. The zero-order valence-corrected chi connectivity index (χ0v) is 32.6. The van der Waals surface area contributed by atoms with Gasteiger partial charge in [-0.05, 0) is 70.8 Å². The van der Waals surface area contributed by atoms with Crippen molar-refractivity contribution in [3.05, 3.63) is 107 Å². The number of carbonyl (C=O) groups excluding carboxylic acids is 1. The van der Waals surface area contributed by atoms with Gasteiger partial charge in [-0.2, -0.15) is 35.0 Å². The maximum Gasteiger partial charge on any atom is 0.475 e. The van der Waals surface area contributed by atoms with Crippen LogP contribution in [0.4, 0.5) is 0 Å². The van der Waals surface area contributed by atoms with E-state index in [0.29, 0.717) is 55.4 Å². The number of ether oxygens (including phenoxy) is 3. The summed E-state index contributed by atoms with van der Waals surface area (Å²) in [7, 11) is -4.57. The number of carbonyl (C=O) groups is 1. The number of fused-ring (bicyclic) bond motifs is 4. The van der Waals surface area contributed by atoms with E-state index in [9.17, 15) is 14.5 Å². The summed E-state index contributed by atoms with van der Waals surface area (Å²) in [6.45, 7) is -1.33. The van der Waals surface area contributed by atoms with E-state index in [1.54, 1.807) is 66.7 Å². The van der Waals surface area contributed by atoms with Gasteiger partial charge in [0.25, 0.3) is 0 Å². The van der Waals surface area contributed by atoms with Crippen molar-refractivity contribution in [3.8, 4) is 0 Å². The topological polar surface area (TPSA) is 213 Å². The number of nitrogens with zero attached hydrogens (tertiary/aromatic N) is 8. The van der Waals surface area contributed by atoms with Crippen LogP contribution in [0.5, 0.6) is 0 Å². The van der Waals surface area contributed by atoms with Gasteiger partial charge in [0.2, 0.25) is 5.76 Å². The maximum atomic E-state index is 14.6. The Labute approximate surface area is 332 Å². The van der Waals surface area contributed by atoms with Crippen LogP contribution in [0.15, 0.2) is 84.3 Å². The van der Waals surface area contributed by atoms with E-state index in [1.165, 1.54) is 0 Å². The predicted molar refractivity (Wildman–Crippen MR) is 205 cm³/mol. The Morgan fingerprint density at radius 2 is 0.982 bits per heavy atom. The van der Waals surface area contributed by atoms with Crippen molar-refractivity contribution in [1.82, 2.24) is 35.0 Å². The molecule has 4 aromatic carbocycles. The van der Waals surface area contributed by atoms with Crippen molar-refractivity contribution in [1.29, 1.82) is 0 Å². The van der Waals surface area contributed by atoms with Crippen LogP contribution in [0.3, 0.4) is 0 Å². The lowest BCUT2D eigenvalue weighted by Crippen LogP contribution is -2.35. The van der Waals surface area contributed by atoms with Gasteiger partial charge in [-0.1, -0.05) is 24.3 Å². The first-order chi connectivity index (χ1) is 27.4. The smallest absolute Gasteiger partial charge is 0.475 e. The SMILES string of the molecule is O=C1O[C@H]([C@H](CO)OP(=O)(OCc2ccc3nsnc3c2)OCc2ccc3nsnc3c2)C(OCc2ccc3nsnc3c2)=C1OCc1ccc2nsnc2c1. The fourth-order valence-corrected chi connectivity index (χ4v) is 9.11. The van der Waals surface area contributed by atoms with E-state index in [0.717, 1.165) is 57.9 Å². The van der Waals surface area contributed by atoms with E-state index in [-0.39, 0.29) is 37.9 Å². The Morgan fingerprint density at radius 1 is 0.589 bits per heavy atom. The largest absolute Gasteiger partial charge is 0.485 e. The second-order valence-corrected chi connectivity index (χ2v) is 16.0. The van der Waals surface area contributed by atoms with Crippen LogP contribution >= 0.6 is 54.7 Å². The van der Waals surface area contributed by atoms with Gasteiger partial charge in [0.15, 0.2) is 11.9 Å². The molecule has 0 saturated carbocycles. The highest BCUT2D eigenvalue weighted by Gasteiger charge is 2.46. The molecule has 2 atom stereocenters. The monoisotopic (exact) mass is 848 g/mol. The summed E-state index contributed by atoms with van der Waals surface area (Å²) < 4.78 is 84.4. The number of aliphatic hydroxyl groups is 1. The summed E-state index contributed by atoms with van der Waals surface area (Å²) in [5.74, 6) is -1.22. The van der Waals surface area contributed by atoms with Gasteiger partial charge in [-0.25, -0.2) is 9.36 Å². The second kappa shape index (κ2) is 15.9. The van der Waals surface area contributed by atoms with Crippen molar-refractivity contribution < 1.29 is 42.2 Å². The molecule has 0 amide bonds. The number of benzene rings is 4. The van der Waals surface area contributed by atoms with Crippen molar-refractivity contribution in [2.45, 2.75) is 38.6 Å². The molecule has 5 heterocycles. The van der Waals surface area contributed by atoms with E-state index in [2.05, 4.69) is 35.0 Å². The Bertz CT molecular complexity index is 2710. The molecule has 1 aliphatic rings. The standard InChI is InChI=1S/C34H25N8O9PS4/c43-13-30(51-52(45,48-16-20-3-7-24-28(11-20)41-55-37-24)49-17-21-4-8-25-29(12-21)42-56-38-25)31-32(46-14-18-1-5-22-26(9-18)39-53-35-22)33(34(44)50-31)47-15-19-2-6-23-27(10-19)40-54-36-23/h1-12,30-31,43H,13-17H2/t30-,31+/m0/s1. The van der Waals surface area contributed by atoms with E-state index >= 15 is 0 Å². The number of phosphoric ester groups is 1. The summed E-state index contributed by atoms with van der Waals surface area (Å²) in [5, 5.41) is 10.7. The number of aliphatic hydroxyl groups excluding tert-OH is 1. The Balaban J connectivity index is 1.00. The van der Waals surface area contributed by atoms with Gasteiger partial charge >= 0.3 is 13.8 Å². The van der Waals surface area contributed by atoms with Crippen LogP contribution in [0.1, 0.15) is 22.3 Å². The number of aromatic nitrogens is 8.